The van der Waals surface area contributed by atoms with Crippen molar-refractivity contribution in [2.75, 3.05) is 0 Å². The van der Waals surface area contributed by atoms with Crippen LogP contribution in [0.25, 0.3) is 43.8 Å². The van der Waals surface area contributed by atoms with Crippen LogP contribution in [0.4, 0.5) is 0 Å². The minimum absolute atomic E-state index is 0.171. The molecule has 0 saturated carbocycles. The molecule has 0 aromatic heterocycles. The predicted molar refractivity (Wildman–Crippen MR) is 216 cm³/mol. The molecule has 4 heteroatoms. The molecule has 0 radical (unpaired) electrons. The highest BCUT2D eigenvalue weighted by Crippen LogP contribution is 2.40. The molecule has 0 amide bonds. The Balaban J connectivity index is 1.20. The first-order valence-corrected chi connectivity index (χ1v) is 17.4. The van der Waals surface area contributed by atoms with Gasteiger partial charge in [0.15, 0.2) is 0 Å². The van der Waals surface area contributed by atoms with Crippen molar-refractivity contribution in [3.8, 4) is 33.8 Å². The fourth-order valence-electron chi connectivity index (χ4n) is 7.01. The van der Waals surface area contributed by atoms with Crippen LogP contribution >= 0.6 is 0 Å². The summed E-state index contributed by atoms with van der Waals surface area (Å²) >= 11 is 0. The van der Waals surface area contributed by atoms with Gasteiger partial charge in [-0.1, -0.05) is 170 Å². The van der Waals surface area contributed by atoms with E-state index in [9.17, 15) is 10.2 Å². The molecular formula is C48H36N2O2. The summed E-state index contributed by atoms with van der Waals surface area (Å²) < 4.78 is 0. The quantitative estimate of drug-likeness (QED) is 0.150. The Kier molecular flexibility index (Phi) is 9.10. The average molecular weight is 673 g/mol. The van der Waals surface area contributed by atoms with Gasteiger partial charge in [0, 0.05) is 34.7 Å². The zero-order valence-corrected chi connectivity index (χ0v) is 28.4. The number of fused-ring (bicyclic) bond motifs is 2. The Morgan fingerprint density at radius 3 is 1.13 bits per heavy atom. The number of aliphatic imine (C=N–C) groups is 2. The lowest BCUT2D eigenvalue weighted by molar-refractivity contribution is 0.475. The van der Waals surface area contributed by atoms with Crippen LogP contribution in [0.15, 0.2) is 192 Å². The Hall–Kier alpha value is -6.78. The van der Waals surface area contributed by atoms with Gasteiger partial charge in [0.25, 0.3) is 0 Å². The van der Waals surface area contributed by atoms with Crippen molar-refractivity contribution in [1.29, 1.82) is 0 Å². The van der Waals surface area contributed by atoms with Crippen LogP contribution in [0.5, 0.6) is 11.5 Å². The number of rotatable bonds is 9. The van der Waals surface area contributed by atoms with E-state index in [1.165, 1.54) is 0 Å². The van der Waals surface area contributed by atoms with E-state index in [4.69, 9.17) is 9.98 Å². The zero-order valence-electron chi connectivity index (χ0n) is 28.4. The number of hydrogen-bond acceptors (Lipinski definition) is 4. The van der Waals surface area contributed by atoms with Gasteiger partial charge in [-0.15, -0.1) is 0 Å². The van der Waals surface area contributed by atoms with Crippen molar-refractivity contribution in [3.63, 3.8) is 0 Å². The SMILES string of the molecule is Oc1c(C=NC(c2ccccc2)C(N=Cc2cccc(-c3cccc4ccccc34)c2O)c2ccccc2)cccc1-c1cccc2ccccc12. The zero-order chi connectivity index (χ0) is 35.3. The van der Waals surface area contributed by atoms with Gasteiger partial charge in [-0.3, -0.25) is 9.98 Å². The van der Waals surface area contributed by atoms with Crippen LogP contribution in [0.3, 0.4) is 0 Å². The molecule has 0 spiro atoms. The van der Waals surface area contributed by atoms with Crippen molar-refractivity contribution >= 4 is 34.0 Å². The summed E-state index contributed by atoms with van der Waals surface area (Å²) in [6.07, 6.45) is 3.51. The summed E-state index contributed by atoms with van der Waals surface area (Å²) in [5.41, 5.74) is 6.59. The van der Waals surface area contributed by atoms with E-state index in [0.717, 1.165) is 54.9 Å². The standard InChI is InChI=1S/C48H36N2O2/c51-47-37(23-13-29-43(47)41-27-11-21-33-15-7-9-25-39(33)41)31-49-45(35-17-3-1-4-18-35)46(36-19-5-2-6-20-36)50-32-38-24-14-30-44(48(38)52)42-28-12-22-34-16-8-10-26-40(34)42/h1-32,45-46,51-52H. The van der Waals surface area contributed by atoms with Crippen molar-refractivity contribution in [2.24, 2.45) is 9.98 Å². The fourth-order valence-corrected chi connectivity index (χ4v) is 7.01. The highest BCUT2D eigenvalue weighted by molar-refractivity contribution is 6.01. The summed E-state index contributed by atoms with van der Waals surface area (Å²) in [5, 5.41) is 27.7. The smallest absolute Gasteiger partial charge is 0.132 e. The van der Waals surface area contributed by atoms with Crippen molar-refractivity contribution in [3.05, 3.63) is 204 Å². The first-order chi connectivity index (χ1) is 25.7. The number of aromatic hydroxyl groups is 2. The third kappa shape index (κ3) is 6.46. The molecule has 0 aliphatic rings. The Bertz CT molecular complexity index is 2370. The molecule has 0 saturated heterocycles. The summed E-state index contributed by atoms with van der Waals surface area (Å²) in [4.78, 5) is 10.3. The monoisotopic (exact) mass is 672 g/mol. The maximum Gasteiger partial charge on any atom is 0.132 e. The maximum absolute atomic E-state index is 11.7. The molecular weight excluding hydrogens is 637 g/mol. The topological polar surface area (TPSA) is 65.2 Å². The molecule has 2 N–H and O–H groups in total. The van der Waals surface area contributed by atoms with Crippen LogP contribution in [-0.4, -0.2) is 22.6 Å². The third-order valence-corrected chi connectivity index (χ3v) is 9.62. The molecule has 2 unspecified atom stereocenters. The van der Waals surface area contributed by atoms with E-state index < -0.39 is 12.1 Å². The van der Waals surface area contributed by atoms with Gasteiger partial charge in [-0.05, 0) is 55.9 Å². The van der Waals surface area contributed by atoms with E-state index in [-0.39, 0.29) is 11.5 Å². The van der Waals surface area contributed by atoms with Crippen LogP contribution in [0, 0.1) is 0 Å². The minimum Gasteiger partial charge on any atom is -0.507 e. The maximum atomic E-state index is 11.7. The highest BCUT2D eigenvalue weighted by Gasteiger charge is 2.24. The number of phenols is 2. The molecule has 4 nitrogen and oxygen atoms in total. The second-order valence-corrected chi connectivity index (χ2v) is 12.8. The van der Waals surface area contributed by atoms with E-state index in [0.29, 0.717) is 11.1 Å². The summed E-state index contributed by atoms with van der Waals surface area (Å²) in [7, 11) is 0. The van der Waals surface area contributed by atoms with Gasteiger partial charge in [-0.2, -0.15) is 0 Å². The lowest BCUT2D eigenvalue weighted by Crippen LogP contribution is -2.09. The second kappa shape index (κ2) is 14.6. The largest absolute Gasteiger partial charge is 0.507 e. The molecule has 2 atom stereocenters. The van der Waals surface area contributed by atoms with E-state index in [1.807, 2.05) is 121 Å². The molecule has 8 rings (SSSR count). The normalized spacial score (nSPS) is 12.8. The lowest BCUT2D eigenvalue weighted by atomic mass is 9.93. The van der Waals surface area contributed by atoms with Crippen LogP contribution in [0.2, 0.25) is 0 Å². The number of hydrogen-bond donors (Lipinski definition) is 2. The van der Waals surface area contributed by atoms with Gasteiger partial charge in [-0.25, -0.2) is 0 Å². The highest BCUT2D eigenvalue weighted by atomic mass is 16.3. The van der Waals surface area contributed by atoms with E-state index in [1.54, 1.807) is 12.4 Å². The number of phenolic OH excluding ortho intramolecular Hbond substituents is 2. The Morgan fingerprint density at radius 2 is 0.692 bits per heavy atom. The molecule has 0 fully saturated rings. The Labute approximate surface area is 303 Å². The van der Waals surface area contributed by atoms with E-state index >= 15 is 0 Å². The second-order valence-electron chi connectivity index (χ2n) is 12.8. The fraction of sp³-hybridized carbons (Fsp3) is 0.0417. The minimum atomic E-state index is -0.441. The summed E-state index contributed by atoms with van der Waals surface area (Å²) in [6, 6.07) is 59.5. The van der Waals surface area contributed by atoms with Crippen LogP contribution in [-0.2, 0) is 0 Å². The van der Waals surface area contributed by atoms with Crippen LogP contribution in [0.1, 0.15) is 34.3 Å². The predicted octanol–water partition coefficient (Wildman–Crippen LogP) is 11.8. The molecule has 8 aromatic rings. The molecule has 8 aromatic carbocycles. The van der Waals surface area contributed by atoms with Gasteiger partial charge in [0.2, 0.25) is 0 Å². The first-order valence-electron chi connectivity index (χ1n) is 17.4. The van der Waals surface area contributed by atoms with Gasteiger partial charge in [0.05, 0.1) is 0 Å². The molecule has 250 valence electrons. The first kappa shape index (κ1) is 32.4. The number of nitrogens with zero attached hydrogens (tertiary/aromatic N) is 2. The summed E-state index contributed by atoms with van der Waals surface area (Å²) in [5.74, 6) is 0.341. The van der Waals surface area contributed by atoms with Crippen LogP contribution < -0.4 is 0 Å². The lowest BCUT2D eigenvalue weighted by Gasteiger charge is -2.22. The van der Waals surface area contributed by atoms with E-state index in [2.05, 4.69) is 60.7 Å². The van der Waals surface area contributed by atoms with Crippen molar-refractivity contribution in [2.45, 2.75) is 12.1 Å². The van der Waals surface area contributed by atoms with Gasteiger partial charge < -0.3 is 10.2 Å². The molecule has 0 bridgehead atoms. The Morgan fingerprint density at radius 1 is 0.346 bits per heavy atom. The summed E-state index contributed by atoms with van der Waals surface area (Å²) in [6.45, 7) is 0. The van der Waals surface area contributed by atoms with Crippen molar-refractivity contribution in [1.82, 2.24) is 0 Å². The van der Waals surface area contributed by atoms with Gasteiger partial charge >= 0.3 is 0 Å². The number of benzene rings is 8. The molecule has 0 heterocycles. The molecule has 52 heavy (non-hydrogen) atoms. The number of para-hydroxylation sites is 2. The molecule has 0 aliphatic heterocycles. The average Bonchev–Trinajstić information content (AvgIpc) is 3.20. The third-order valence-electron chi connectivity index (χ3n) is 9.62. The van der Waals surface area contributed by atoms with Crippen molar-refractivity contribution < 1.29 is 10.2 Å². The molecule has 0 aliphatic carbocycles. The van der Waals surface area contributed by atoms with Gasteiger partial charge in [0.1, 0.15) is 23.6 Å².